The molecule has 0 radical (unpaired) electrons. The van der Waals surface area contributed by atoms with Gasteiger partial charge in [0.15, 0.2) is 0 Å². The Morgan fingerprint density at radius 3 is 2.32 bits per heavy atom. The lowest BCUT2D eigenvalue weighted by Gasteiger charge is -2.40. The van der Waals surface area contributed by atoms with Gasteiger partial charge in [0.25, 0.3) is 0 Å². The molecule has 2 rings (SSSR count). The number of alkyl halides is 1. The van der Waals surface area contributed by atoms with E-state index in [4.69, 9.17) is 0 Å². The zero-order chi connectivity index (χ0) is 14.0. The zero-order valence-electron chi connectivity index (χ0n) is 12.7. The van der Waals surface area contributed by atoms with Gasteiger partial charge in [0.1, 0.15) is 0 Å². The van der Waals surface area contributed by atoms with Crippen molar-refractivity contribution >= 4 is 21.6 Å². The molecular formula is C17H26BrN. The fraction of sp³-hybridized carbons (Fsp3) is 0.647. The monoisotopic (exact) mass is 323 g/mol. The number of rotatable bonds is 2. The topological polar surface area (TPSA) is 3.24 Å². The number of anilines is 1. The maximum Gasteiger partial charge on any atom is 0.0396 e. The van der Waals surface area contributed by atoms with E-state index in [1.54, 1.807) is 0 Å². The van der Waals surface area contributed by atoms with Crippen molar-refractivity contribution in [2.45, 2.75) is 45.9 Å². The highest BCUT2D eigenvalue weighted by atomic mass is 79.9. The normalized spacial score (nSPS) is 17.8. The summed E-state index contributed by atoms with van der Waals surface area (Å²) >= 11 is 3.53. The number of aryl methyl sites for hydroxylation is 1. The maximum absolute atomic E-state index is 3.53. The van der Waals surface area contributed by atoms with Crippen LogP contribution in [0.15, 0.2) is 18.2 Å². The van der Waals surface area contributed by atoms with Gasteiger partial charge in [-0.2, -0.15) is 0 Å². The minimum absolute atomic E-state index is 0.459. The standard InChI is InChI=1S/C17H26BrN/c1-13-11-14(12-18)5-6-16(13)19-9-7-15(8-10-19)17(2,3)4/h5-6,11,15H,7-10,12H2,1-4H3. The molecule has 0 unspecified atom stereocenters. The molecule has 1 aromatic rings. The molecule has 1 nitrogen and oxygen atoms in total. The van der Waals surface area contributed by atoms with E-state index < -0.39 is 0 Å². The Kier molecular flexibility index (Phi) is 4.60. The van der Waals surface area contributed by atoms with E-state index in [9.17, 15) is 0 Å². The van der Waals surface area contributed by atoms with E-state index in [-0.39, 0.29) is 0 Å². The second kappa shape index (κ2) is 5.87. The molecule has 0 aliphatic carbocycles. The molecule has 0 bridgehead atoms. The second-order valence-corrected chi connectivity index (χ2v) is 7.44. The molecule has 1 aliphatic rings. The number of hydrogen-bond acceptors (Lipinski definition) is 1. The first kappa shape index (κ1) is 14.9. The van der Waals surface area contributed by atoms with Gasteiger partial charge in [0, 0.05) is 24.1 Å². The van der Waals surface area contributed by atoms with Gasteiger partial charge < -0.3 is 4.90 Å². The van der Waals surface area contributed by atoms with Gasteiger partial charge in [-0.3, -0.25) is 0 Å². The number of halogens is 1. The lowest BCUT2D eigenvalue weighted by molar-refractivity contribution is 0.199. The van der Waals surface area contributed by atoms with Gasteiger partial charge in [-0.25, -0.2) is 0 Å². The molecule has 1 fully saturated rings. The fourth-order valence-electron chi connectivity index (χ4n) is 3.14. The van der Waals surface area contributed by atoms with Crippen LogP contribution in [0.5, 0.6) is 0 Å². The van der Waals surface area contributed by atoms with Crippen molar-refractivity contribution in [1.29, 1.82) is 0 Å². The van der Waals surface area contributed by atoms with Crippen LogP contribution in [0, 0.1) is 18.3 Å². The molecule has 0 aromatic heterocycles. The van der Waals surface area contributed by atoms with Crippen LogP contribution in [0.25, 0.3) is 0 Å². The first-order valence-corrected chi connectivity index (χ1v) is 8.44. The third-order valence-electron chi connectivity index (χ3n) is 4.48. The summed E-state index contributed by atoms with van der Waals surface area (Å²) in [6.07, 6.45) is 2.65. The summed E-state index contributed by atoms with van der Waals surface area (Å²) in [5.41, 5.74) is 4.66. The van der Waals surface area contributed by atoms with Crippen molar-refractivity contribution in [2.24, 2.45) is 11.3 Å². The van der Waals surface area contributed by atoms with Crippen LogP contribution in [-0.2, 0) is 5.33 Å². The second-order valence-electron chi connectivity index (χ2n) is 6.88. The Labute approximate surface area is 126 Å². The molecule has 1 aliphatic heterocycles. The van der Waals surface area contributed by atoms with Gasteiger partial charge in [-0.1, -0.05) is 48.8 Å². The van der Waals surface area contributed by atoms with Crippen LogP contribution < -0.4 is 4.90 Å². The summed E-state index contributed by atoms with van der Waals surface area (Å²) in [6, 6.07) is 6.84. The Balaban J connectivity index is 2.06. The van der Waals surface area contributed by atoms with Crippen molar-refractivity contribution in [1.82, 2.24) is 0 Å². The summed E-state index contributed by atoms with van der Waals surface area (Å²) in [6.45, 7) is 11.8. The highest BCUT2D eigenvalue weighted by Gasteiger charge is 2.29. The van der Waals surface area contributed by atoms with E-state index in [1.807, 2.05) is 0 Å². The smallest absolute Gasteiger partial charge is 0.0396 e. The zero-order valence-corrected chi connectivity index (χ0v) is 14.3. The fourth-order valence-corrected chi connectivity index (χ4v) is 3.49. The molecule has 0 amide bonds. The van der Waals surface area contributed by atoms with Gasteiger partial charge in [-0.15, -0.1) is 0 Å². The molecule has 1 aromatic carbocycles. The molecule has 1 saturated heterocycles. The van der Waals surface area contributed by atoms with Crippen LogP contribution in [0.2, 0.25) is 0 Å². The largest absolute Gasteiger partial charge is 0.371 e. The molecular weight excluding hydrogens is 298 g/mol. The summed E-state index contributed by atoms with van der Waals surface area (Å²) < 4.78 is 0. The molecule has 0 N–H and O–H groups in total. The van der Waals surface area contributed by atoms with Crippen molar-refractivity contribution < 1.29 is 0 Å². The van der Waals surface area contributed by atoms with Gasteiger partial charge >= 0.3 is 0 Å². The van der Waals surface area contributed by atoms with E-state index >= 15 is 0 Å². The van der Waals surface area contributed by atoms with Crippen LogP contribution >= 0.6 is 15.9 Å². The van der Waals surface area contributed by atoms with E-state index in [0.717, 1.165) is 11.2 Å². The van der Waals surface area contributed by atoms with E-state index in [0.29, 0.717) is 5.41 Å². The number of benzene rings is 1. The molecule has 106 valence electrons. The maximum atomic E-state index is 3.53. The number of hydrogen-bond donors (Lipinski definition) is 0. The Hall–Kier alpha value is -0.500. The molecule has 19 heavy (non-hydrogen) atoms. The van der Waals surface area contributed by atoms with Gasteiger partial charge in [0.2, 0.25) is 0 Å². The third kappa shape index (κ3) is 3.53. The van der Waals surface area contributed by atoms with Crippen molar-refractivity contribution in [3.63, 3.8) is 0 Å². The third-order valence-corrected chi connectivity index (χ3v) is 5.12. The predicted molar refractivity (Wildman–Crippen MR) is 88.2 cm³/mol. The number of nitrogens with zero attached hydrogens (tertiary/aromatic N) is 1. The summed E-state index contributed by atoms with van der Waals surface area (Å²) in [4.78, 5) is 2.57. The summed E-state index contributed by atoms with van der Waals surface area (Å²) in [7, 11) is 0. The first-order chi connectivity index (χ1) is 8.91. The minimum Gasteiger partial charge on any atom is -0.371 e. The lowest BCUT2D eigenvalue weighted by atomic mass is 9.75. The molecule has 0 atom stereocenters. The minimum atomic E-state index is 0.459. The van der Waals surface area contributed by atoms with Crippen molar-refractivity contribution in [2.75, 3.05) is 18.0 Å². The van der Waals surface area contributed by atoms with Crippen LogP contribution in [0.4, 0.5) is 5.69 Å². The Morgan fingerprint density at radius 2 is 1.84 bits per heavy atom. The predicted octanol–water partition coefficient (Wildman–Crippen LogP) is 5.15. The quantitative estimate of drug-likeness (QED) is 0.680. The first-order valence-electron chi connectivity index (χ1n) is 7.32. The Bertz CT molecular complexity index is 425. The van der Waals surface area contributed by atoms with Crippen molar-refractivity contribution in [3.05, 3.63) is 29.3 Å². The Morgan fingerprint density at radius 1 is 1.21 bits per heavy atom. The van der Waals surface area contributed by atoms with Crippen LogP contribution in [-0.4, -0.2) is 13.1 Å². The average molecular weight is 324 g/mol. The van der Waals surface area contributed by atoms with Gasteiger partial charge in [0.05, 0.1) is 0 Å². The van der Waals surface area contributed by atoms with E-state index in [1.165, 1.54) is 42.7 Å². The SMILES string of the molecule is Cc1cc(CBr)ccc1N1CCC(C(C)(C)C)CC1. The number of piperidine rings is 1. The van der Waals surface area contributed by atoms with Crippen molar-refractivity contribution in [3.8, 4) is 0 Å². The molecule has 2 heteroatoms. The lowest BCUT2D eigenvalue weighted by Crippen LogP contribution is -2.38. The molecule has 0 saturated carbocycles. The van der Waals surface area contributed by atoms with E-state index in [2.05, 4.69) is 66.7 Å². The average Bonchev–Trinajstić information content (AvgIpc) is 2.37. The molecule has 0 spiro atoms. The van der Waals surface area contributed by atoms with Crippen LogP contribution in [0.3, 0.4) is 0 Å². The highest BCUT2D eigenvalue weighted by Crippen LogP contribution is 2.36. The molecule has 1 heterocycles. The summed E-state index contributed by atoms with van der Waals surface area (Å²) in [5.74, 6) is 0.867. The summed E-state index contributed by atoms with van der Waals surface area (Å²) in [5, 5.41) is 0.945. The van der Waals surface area contributed by atoms with Crippen LogP contribution in [0.1, 0.15) is 44.7 Å². The highest BCUT2D eigenvalue weighted by molar-refractivity contribution is 9.08. The van der Waals surface area contributed by atoms with Gasteiger partial charge in [-0.05, 0) is 48.3 Å².